The quantitative estimate of drug-likeness (QED) is 0.534. The SMILES string of the molecule is CCOC(=O)[C@@]1(O)C[C@H](c2ccc(Cl)cc2)c2c(c3ccccc3oc2=O)O1. The van der Waals surface area contributed by atoms with Gasteiger partial charge in [0.25, 0.3) is 0 Å². The number of fused-ring (bicyclic) bond motifs is 3. The van der Waals surface area contributed by atoms with E-state index in [0.29, 0.717) is 21.6 Å². The van der Waals surface area contributed by atoms with Gasteiger partial charge in [-0.1, -0.05) is 35.9 Å². The van der Waals surface area contributed by atoms with Gasteiger partial charge in [-0.05, 0) is 36.8 Å². The Balaban J connectivity index is 1.97. The molecular formula is C21H17ClO6. The first-order valence-corrected chi connectivity index (χ1v) is 9.20. The summed E-state index contributed by atoms with van der Waals surface area (Å²) in [5.74, 6) is -3.66. The lowest BCUT2D eigenvalue weighted by molar-refractivity contribution is -0.205. The number of para-hydroxylation sites is 1. The maximum atomic E-state index is 12.8. The van der Waals surface area contributed by atoms with Gasteiger partial charge in [-0.3, -0.25) is 0 Å². The molecule has 0 saturated heterocycles. The number of benzene rings is 2. The first kappa shape index (κ1) is 18.5. The second-order valence-corrected chi connectivity index (χ2v) is 6.98. The molecule has 7 heteroatoms. The highest BCUT2D eigenvalue weighted by Crippen LogP contribution is 2.45. The zero-order valence-electron chi connectivity index (χ0n) is 15.0. The second-order valence-electron chi connectivity index (χ2n) is 6.54. The molecule has 0 fully saturated rings. The van der Waals surface area contributed by atoms with Crippen molar-refractivity contribution in [1.29, 1.82) is 0 Å². The van der Waals surface area contributed by atoms with Crippen molar-refractivity contribution >= 4 is 28.5 Å². The van der Waals surface area contributed by atoms with Gasteiger partial charge in [0.2, 0.25) is 0 Å². The van der Waals surface area contributed by atoms with Gasteiger partial charge in [0.1, 0.15) is 11.3 Å². The van der Waals surface area contributed by atoms with Gasteiger partial charge in [0.05, 0.1) is 17.6 Å². The molecule has 1 aromatic heterocycles. The average Bonchev–Trinajstić information content (AvgIpc) is 2.68. The summed E-state index contributed by atoms with van der Waals surface area (Å²) >= 11 is 5.98. The Morgan fingerprint density at radius 2 is 1.96 bits per heavy atom. The molecule has 0 unspecified atom stereocenters. The predicted molar refractivity (Wildman–Crippen MR) is 103 cm³/mol. The summed E-state index contributed by atoms with van der Waals surface area (Å²) in [5.41, 5.74) is 0.656. The van der Waals surface area contributed by atoms with Crippen molar-refractivity contribution in [2.24, 2.45) is 0 Å². The van der Waals surface area contributed by atoms with E-state index in [2.05, 4.69) is 0 Å². The Morgan fingerprint density at radius 1 is 1.25 bits per heavy atom. The lowest BCUT2D eigenvalue weighted by Gasteiger charge is -2.36. The number of halogens is 1. The van der Waals surface area contributed by atoms with Crippen LogP contribution in [0.3, 0.4) is 0 Å². The van der Waals surface area contributed by atoms with Crippen LogP contribution in [0.4, 0.5) is 0 Å². The smallest absolute Gasteiger partial charge is 0.379 e. The van der Waals surface area contributed by atoms with Crippen molar-refractivity contribution in [3.63, 3.8) is 0 Å². The number of carbonyl (C=O) groups excluding carboxylic acids is 1. The van der Waals surface area contributed by atoms with Crippen LogP contribution in [-0.2, 0) is 9.53 Å². The lowest BCUT2D eigenvalue weighted by atomic mass is 9.83. The lowest BCUT2D eigenvalue weighted by Crippen LogP contribution is -2.50. The minimum Gasteiger partial charge on any atom is -0.461 e. The Hall–Kier alpha value is -2.83. The third-order valence-corrected chi connectivity index (χ3v) is 5.02. The van der Waals surface area contributed by atoms with Gasteiger partial charge in [-0.2, -0.15) is 0 Å². The van der Waals surface area contributed by atoms with Crippen molar-refractivity contribution in [1.82, 2.24) is 0 Å². The van der Waals surface area contributed by atoms with Crippen LogP contribution in [0.2, 0.25) is 5.02 Å². The molecule has 0 saturated carbocycles. The van der Waals surface area contributed by atoms with Crippen molar-refractivity contribution in [2.45, 2.75) is 25.0 Å². The number of esters is 1. The molecule has 3 aromatic rings. The van der Waals surface area contributed by atoms with Crippen LogP contribution in [-0.4, -0.2) is 23.5 Å². The molecule has 2 heterocycles. The summed E-state index contributed by atoms with van der Waals surface area (Å²) in [6, 6.07) is 13.6. The van der Waals surface area contributed by atoms with Crippen molar-refractivity contribution in [2.75, 3.05) is 6.61 Å². The van der Waals surface area contributed by atoms with Crippen LogP contribution >= 0.6 is 11.6 Å². The summed E-state index contributed by atoms with van der Waals surface area (Å²) in [4.78, 5) is 25.2. The first-order valence-electron chi connectivity index (χ1n) is 8.83. The predicted octanol–water partition coefficient (Wildman–Crippen LogP) is 3.61. The maximum Gasteiger partial charge on any atom is 0.379 e. The molecule has 28 heavy (non-hydrogen) atoms. The number of rotatable bonds is 3. The molecule has 4 rings (SSSR count). The Morgan fingerprint density at radius 3 is 2.68 bits per heavy atom. The highest BCUT2D eigenvalue weighted by molar-refractivity contribution is 6.30. The largest absolute Gasteiger partial charge is 0.461 e. The molecule has 1 N–H and O–H groups in total. The third kappa shape index (κ3) is 3.04. The van der Waals surface area contributed by atoms with Crippen molar-refractivity contribution in [3.8, 4) is 5.75 Å². The molecule has 0 bridgehead atoms. The van der Waals surface area contributed by atoms with Gasteiger partial charge in [0.15, 0.2) is 0 Å². The highest BCUT2D eigenvalue weighted by atomic mass is 35.5. The van der Waals surface area contributed by atoms with Crippen molar-refractivity contribution < 1.29 is 23.8 Å². The van der Waals surface area contributed by atoms with Gasteiger partial charge in [-0.25, -0.2) is 9.59 Å². The Kier molecular flexibility index (Phi) is 4.61. The maximum absolute atomic E-state index is 12.8. The van der Waals surface area contributed by atoms with E-state index in [4.69, 9.17) is 25.5 Å². The minimum absolute atomic E-state index is 0.0840. The Bertz CT molecular complexity index is 1100. The van der Waals surface area contributed by atoms with E-state index < -0.39 is 23.3 Å². The standard InChI is InChI=1S/C21H17ClO6/c1-2-26-20(24)21(25)11-15(12-7-9-13(22)10-8-12)17-18(28-21)14-5-3-4-6-16(14)27-19(17)23/h3-10,15,25H,2,11H2,1H3/t15-,21-/m1/s1. The number of hydrogen-bond donors (Lipinski definition) is 1. The first-order chi connectivity index (χ1) is 13.4. The monoisotopic (exact) mass is 400 g/mol. The minimum atomic E-state index is -2.23. The summed E-state index contributed by atoms with van der Waals surface area (Å²) in [5, 5.41) is 12.0. The van der Waals surface area contributed by atoms with E-state index in [1.54, 1.807) is 55.5 Å². The summed E-state index contributed by atoms with van der Waals surface area (Å²) < 4.78 is 16.2. The molecule has 0 amide bonds. The summed E-state index contributed by atoms with van der Waals surface area (Å²) in [6.07, 6.45) is -0.191. The fourth-order valence-corrected chi connectivity index (χ4v) is 3.61. The zero-order valence-corrected chi connectivity index (χ0v) is 15.7. The zero-order chi connectivity index (χ0) is 19.9. The van der Waals surface area contributed by atoms with E-state index in [1.807, 2.05) is 0 Å². The van der Waals surface area contributed by atoms with Crippen LogP contribution in [0.25, 0.3) is 11.0 Å². The molecule has 6 nitrogen and oxygen atoms in total. The van der Waals surface area contributed by atoms with Gasteiger partial charge in [0, 0.05) is 17.4 Å². The fraction of sp³-hybridized carbons (Fsp3) is 0.238. The molecule has 0 spiro atoms. The van der Waals surface area contributed by atoms with E-state index in [-0.39, 0.29) is 24.3 Å². The molecule has 144 valence electrons. The number of ether oxygens (including phenoxy) is 2. The topological polar surface area (TPSA) is 86.0 Å². The average molecular weight is 401 g/mol. The molecule has 2 atom stereocenters. The van der Waals surface area contributed by atoms with Crippen molar-refractivity contribution in [3.05, 3.63) is 75.1 Å². The third-order valence-electron chi connectivity index (χ3n) is 4.77. The van der Waals surface area contributed by atoms with Gasteiger partial charge < -0.3 is 19.0 Å². The molecule has 1 aliphatic heterocycles. The number of carbonyl (C=O) groups is 1. The van der Waals surface area contributed by atoms with Crippen LogP contribution < -0.4 is 10.4 Å². The van der Waals surface area contributed by atoms with Crippen LogP contribution in [0, 0.1) is 0 Å². The summed E-state index contributed by atoms with van der Waals surface area (Å²) in [7, 11) is 0. The van der Waals surface area contributed by atoms with Crippen LogP contribution in [0.1, 0.15) is 30.4 Å². The Labute approximate surface area is 165 Å². The second kappa shape index (κ2) is 6.96. The molecule has 0 radical (unpaired) electrons. The van der Waals surface area contributed by atoms with E-state index in [9.17, 15) is 14.7 Å². The van der Waals surface area contributed by atoms with Crippen LogP contribution in [0.5, 0.6) is 5.75 Å². The van der Waals surface area contributed by atoms with E-state index >= 15 is 0 Å². The van der Waals surface area contributed by atoms with E-state index in [1.165, 1.54) is 0 Å². The van der Waals surface area contributed by atoms with E-state index in [0.717, 1.165) is 0 Å². The molecule has 2 aromatic carbocycles. The van der Waals surface area contributed by atoms with Crippen LogP contribution in [0.15, 0.2) is 57.7 Å². The van der Waals surface area contributed by atoms with Gasteiger partial charge >= 0.3 is 17.4 Å². The molecular weight excluding hydrogens is 384 g/mol. The fourth-order valence-electron chi connectivity index (χ4n) is 3.48. The van der Waals surface area contributed by atoms with Gasteiger partial charge in [-0.15, -0.1) is 0 Å². The molecule has 1 aliphatic rings. The summed E-state index contributed by atoms with van der Waals surface area (Å²) in [6.45, 7) is 1.72. The normalized spacial score (nSPS) is 21.0. The highest BCUT2D eigenvalue weighted by Gasteiger charge is 2.49. The molecule has 0 aliphatic carbocycles. The number of hydrogen-bond acceptors (Lipinski definition) is 6. The number of aliphatic hydroxyl groups is 1.